The van der Waals surface area contributed by atoms with Crippen molar-refractivity contribution < 1.29 is 9.59 Å². The van der Waals surface area contributed by atoms with E-state index >= 15 is 0 Å². The van der Waals surface area contributed by atoms with Crippen LogP contribution in [0.1, 0.15) is 54.7 Å². The van der Waals surface area contributed by atoms with Crippen molar-refractivity contribution in [1.82, 2.24) is 15.2 Å². The predicted octanol–water partition coefficient (Wildman–Crippen LogP) is 4.54. The first-order chi connectivity index (χ1) is 13.7. The SMILES string of the molecule is CC(c1nc2ccccc2s1)N(C)C(=O)CNC(=O)c1ccc(C(C)(C)C)cc1. The number of aromatic nitrogens is 1. The Morgan fingerprint density at radius 1 is 1.10 bits per heavy atom. The summed E-state index contributed by atoms with van der Waals surface area (Å²) in [5.74, 6) is -0.406. The van der Waals surface area contributed by atoms with E-state index in [9.17, 15) is 9.59 Å². The fourth-order valence-corrected chi connectivity index (χ4v) is 4.02. The summed E-state index contributed by atoms with van der Waals surface area (Å²) in [6.45, 7) is 8.28. The molecular weight excluding hydrogens is 382 g/mol. The van der Waals surface area contributed by atoms with Crippen LogP contribution in [0.2, 0.25) is 0 Å². The van der Waals surface area contributed by atoms with Crippen molar-refractivity contribution in [3.8, 4) is 0 Å². The molecule has 152 valence electrons. The molecule has 1 atom stereocenters. The number of likely N-dealkylation sites (N-methyl/N-ethyl adjacent to an activating group) is 1. The zero-order valence-corrected chi connectivity index (χ0v) is 18.3. The van der Waals surface area contributed by atoms with Crippen LogP contribution in [0.5, 0.6) is 0 Å². The number of thiazole rings is 1. The van der Waals surface area contributed by atoms with Crippen LogP contribution >= 0.6 is 11.3 Å². The predicted molar refractivity (Wildman–Crippen MR) is 118 cm³/mol. The first-order valence-corrected chi connectivity index (χ1v) is 10.5. The molecule has 2 aromatic carbocycles. The largest absolute Gasteiger partial charge is 0.343 e. The van der Waals surface area contributed by atoms with Gasteiger partial charge in [0, 0.05) is 12.6 Å². The molecule has 1 heterocycles. The number of nitrogens with one attached hydrogen (secondary N) is 1. The van der Waals surface area contributed by atoms with Crippen molar-refractivity contribution in [3.63, 3.8) is 0 Å². The van der Waals surface area contributed by atoms with Crippen LogP contribution in [0.15, 0.2) is 48.5 Å². The van der Waals surface area contributed by atoms with Crippen molar-refractivity contribution in [2.45, 2.75) is 39.2 Å². The van der Waals surface area contributed by atoms with E-state index in [0.717, 1.165) is 20.8 Å². The smallest absolute Gasteiger partial charge is 0.251 e. The molecule has 2 amide bonds. The number of carbonyl (C=O) groups excluding carboxylic acids is 2. The maximum absolute atomic E-state index is 12.6. The van der Waals surface area contributed by atoms with Gasteiger partial charge in [0.25, 0.3) is 5.91 Å². The van der Waals surface area contributed by atoms with Gasteiger partial charge >= 0.3 is 0 Å². The van der Waals surface area contributed by atoms with Gasteiger partial charge in [0.15, 0.2) is 0 Å². The maximum Gasteiger partial charge on any atom is 0.251 e. The van der Waals surface area contributed by atoms with Gasteiger partial charge in [-0.25, -0.2) is 4.98 Å². The minimum Gasteiger partial charge on any atom is -0.343 e. The van der Waals surface area contributed by atoms with E-state index in [1.807, 2.05) is 43.3 Å². The second-order valence-electron chi connectivity index (χ2n) is 8.21. The van der Waals surface area contributed by atoms with Gasteiger partial charge < -0.3 is 10.2 Å². The summed E-state index contributed by atoms with van der Waals surface area (Å²) >= 11 is 1.58. The van der Waals surface area contributed by atoms with Crippen molar-refractivity contribution in [2.75, 3.05) is 13.6 Å². The maximum atomic E-state index is 12.6. The van der Waals surface area contributed by atoms with E-state index in [2.05, 4.69) is 31.1 Å². The minimum absolute atomic E-state index is 0.0322. The third-order valence-corrected chi connectivity index (χ3v) is 6.26. The standard InChI is InChI=1S/C23H27N3O2S/c1-15(22-25-18-8-6-7-9-19(18)29-22)26(5)20(27)14-24-21(28)16-10-12-17(13-11-16)23(2,3)4/h6-13,15H,14H2,1-5H3,(H,24,28). The molecular formula is C23H27N3O2S. The number of para-hydroxylation sites is 1. The zero-order chi connectivity index (χ0) is 21.2. The van der Waals surface area contributed by atoms with Crippen LogP contribution < -0.4 is 5.32 Å². The second-order valence-corrected chi connectivity index (χ2v) is 9.27. The highest BCUT2D eigenvalue weighted by molar-refractivity contribution is 7.18. The summed E-state index contributed by atoms with van der Waals surface area (Å²) in [7, 11) is 1.74. The molecule has 3 aromatic rings. The molecule has 0 radical (unpaired) electrons. The van der Waals surface area contributed by atoms with Crippen LogP contribution in [0.4, 0.5) is 0 Å². The van der Waals surface area contributed by atoms with Gasteiger partial charge in [-0.2, -0.15) is 0 Å². The first-order valence-electron chi connectivity index (χ1n) is 9.66. The highest BCUT2D eigenvalue weighted by atomic mass is 32.1. The number of hydrogen-bond donors (Lipinski definition) is 1. The number of fused-ring (bicyclic) bond motifs is 1. The Morgan fingerprint density at radius 3 is 2.38 bits per heavy atom. The Bertz CT molecular complexity index is 986. The molecule has 0 aliphatic carbocycles. The van der Waals surface area contributed by atoms with Crippen LogP contribution in [0.3, 0.4) is 0 Å². The van der Waals surface area contributed by atoms with E-state index in [0.29, 0.717) is 5.56 Å². The summed E-state index contributed by atoms with van der Waals surface area (Å²) in [5.41, 5.74) is 2.68. The summed E-state index contributed by atoms with van der Waals surface area (Å²) in [6.07, 6.45) is 0. The summed E-state index contributed by atoms with van der Waals surface area (Å²) in [4.78, 5) is 31.2. The number of amides is 2. The lowest BCUT2D eigenvalue weighted by molar-refractivity contribution is -0.130. The van der Waals surface area contributed by atoms with E-state index in [1.54, 1.807) is 35.4 Å². The molecule has 5 nitrogen and oxygen atoms in total. The van der Waals surface area contributed by atoms with Gasteiger partial charge in [-0.15, -0.1) is 11.3 Å². The second kappa shape index (κ2) is 8.33. The zero-order valence-electron chi connectivity index (χ0n) is 17.5. The number of rotatable bonds is 5. The van der Waals surface area contributed by atoms with Gasteiger partial charge in [0.2, 0.25) is 5.91 Å². The van der Waals surface area contributed by atoms with Crippen molar-refractivity contribution in [2.24, 2.45) is 0 Å². The lowest BCUT2D eigenvalue weighted by atomic mass is 9.87. The molecule has 3 rings (SSSR count). The monoisotopic (exact) mass is 409 g/mol. The Morgan fingerprint density at radius 2 is 1.76 bits per heavy atom. The summed E-state index contributed by atoms with van der Waals surface area (Å²) in [5, 5.41) is 3.60. The lowest BCUT2D eigenvalue weighted by Crippen LogP contribution is -2.39. The van der Waals surface area contributed by atoms with E-state index in [4.69, 9.17) is 0 Å². The van der Waals surface area contributed by atoms with Crippen molar-refractivity contribution in [1.29, 1.82) is 0 Å². The van der Waals surface area contributed by atoms with E-state index in [-0.39, 0.29) is 29.8 Å². The Hall–Kier alpha value is -2.73. The molecule has 0 fully saturated rings. The van der Waals surface area contributed by atoms with Gasteiger partial charge in [-0.1, -0.05) is 45.0 Å². The molecule has 0 aliphatic rings. The molecule has 1 unspecified atom stereocenters. The number of carbonyl (C=O) groups is 2. The quantitative estimate of drug-likeness (QED) is 0.673. The Kier molecular flexibility index (Phi) is 6.03. The first kappa shape index (κ1) is 21.0. The highest BCUT2D eigenvalue weighted by Crippen LogP contribution is 2.28. The van der Waals surface area contributed by atoms with Crippen molar-refractivity contribution >= 4 is 33.4 Å². The highest BCUT2D eigenvalue weighted by Gasteiger charge is 2.21. The summed E-state index contributed by atoms with van der Waals surface area (Å²) in [6, 6.07) is 15.3. The molecule has 0 bridgehead atoms. The number of benzene rings is 2. The van der Waals surface area contributed by atoms with Gasteiger partial charge in [-0.05, 0) is 42.2 Å². The molecule has 1 aromatic heterocycles. The molecule has 6 heteroatoms. The Balaban J connectivity index is 1.59. The molecule has 0 saturated carbocycles. The third kappa shape index (κ3) is 4.82. The van der Waals surface area contributed by atoms with E-state index in [1.165, 1.54) is 0 Å². The molecule has 0 spiro atoms. The fourth-order valence-electron chi connectivity index (χ4n) is 2.95. The average molecular weight is 410 g/mol. The topological polar surface area (TPSA) is 62.3 Å². The minimum atomic E-state index is -0.250. The molecule has 1 N–H and O–H groups in total. The summed E-state index contributed by atoms with van der Waals surface area (Å²) < 4.78 is 1.10. The molecule has 29 heavy (non-hydrogen) atoms. The van der Waals surface area contributed by atoms with Gasteiger partial charge in [0.05, 0.1) is 22.8 Å². The average Bonchev–Trinajstić information content (AvgIpc) is 3.14. The van der Waals surface area contributed by atoms with Crippen molar-refractivity contribution in [3.05, 3.63) is 64.7 Å². The molecule has 0 aliphatic heterocycles. The van der Waals surface area contributed by atoms with Gasteiger partial charge in [0.1, 0.15) is 5.01 Å². The number of hydrogen-bond acceptors (Lipinski definition) is 4. The Labute approximate surface area is 175 Å². The molecule has 0 saturated heterocycles. The van der Waals surface area contributed by atoms with Gasteiger partial charge in [-0.3, -0.25) is 9.59 Å². The fraction of sp³-hybridized carbons (Fsp3) is 0.348. The number of nitrogens with zero attached hydrogens (tertiary/aromatic N) is 2. The van der Waals surface area contributed by atoms with Crippen LogP contribution in [0.25, 0.3) is 10.2 Å². The van der Waals surface area contributed by atoms with Crippen LogP contribution in [0, 0.1) is 0 Å². The normalized spacial score (nSPS) is 12.6. The van der Waals surface area contributed by atoms with E-state index < -0.39 is 0 Å². The third-order valence-electron chi connectivity index (χ3n) is 5.06. The van der Waals surface area contributed by atoms with Crippen LogP contribution in [-0.2, 0) is 10.2 Å². The van der Waals surface area contributed by atoms with Crippen LogP contribution in [-0.4, -0.2) is 35.3 Å². The lowest BCUT2D eigenvalue weighted by Gasteiger charge is -2.23.